The van der Waals surface area contributed by atoms with Crippen molar-refractivity contribution >= 4 is 5.97 Å². The number of carboxylic acid groups (broad SMARTS) is 1. The van der Waals surface area contributed by atoms with Crippen molar-refractivity contribution in [3.8, 4) is 17.2 Å². The van der Waals surface area contributed by atoms with E-state index in [1.165, 1.54) is 21.0 Å². The first-order valence-corrected chi connectivity index (χ1v) is 7.24. The standard InChI is InChI=1S/C18H18O5/c1-17(2,16(19)20)18(21)12-6-4-5-7-14(12)23-15-10-11(22-3)8-9-13(15)18/h4-10,21H,1-3H3,(H,19,20). The summed E-state index contributed by atoms with van der Waals surface area (Å²) in [6, 6.07) is 11.9. The molecule has 5 nitrogen and oxygen atoms in total. The van der Waals surface area contributed by atoms with Gasteiger partial charge in [0.25, 0.3) is 0 Å². The Kier molecular flexibility index (Phi) is 3.34. The van der Waals surface area contributed by atoms with Crippen molar-refractivity contribution in [3.05, 3.63) is 53.6 Å². The van der Waals surface area contributed by atoms with Crippen LogP contribution in [0.25, 0.3) is 0 Å². The number of benzene rings is 2. The molecule has 3 rings (SSSR count). The van der Waals surface area contributed by atoms with Crippen LogP contribution in [0, 0.1) is 5.41 Å². The predicted octanol–water partition coefficient (Wildman–Crippen LogP) is 3.15. The van der Waals surface area contributed by atoms with Crippen LogP contribution in [-0.4, -0.2) is 23.3 Å². The van der Waals surface area contributed by atoms with Gasteiger partial charge >= 0.3 is 5.97 Å². The summed E-state index contributed by atoms with van der Waals surface area (Å²) in [5.41, 5.74) is -2.35. The minimum Gasteiger partial charge on any atom is -0.497 e. The molecular formula is C18H18O5. The van der Waals surface area contributed by atoms with Crippen LogP contribution in [0.5, 0.6) is 17.2 Å². The van der Waals surface area contributed by atoms with Crippen LogP contribution in [0.15, 0.2) is 42.5 Å². The lowest BCUT2D eigenvalue weighted by atomic mass is 9.66. The molecule has 5 heteroatoms. The van der Waals surface area contributed by atoms with Gasteiger partial charge in [-0.2, -0.15) is 0 Å². The van der Waals surface area contributed by atoms with Crippen molar-refractivity contribution in [1.29, 1.82) is 0 Å². The van der Waals surface area contributed by atoms with Crippen LogP contribution < -0.4 is 9.47 Å². The highest BCUT2D eigenvalue weighted by Gasteiger charge is 2.55. The smallest absolute Gasteiger partial charge is 0.312 e. The highest BCUT2D eigenvalue weighted by Crippen LogP contribution is 2.55. The van der Waals surface area contributed by atoms with E-state index >= 15 is 0 Å². The fourth-order valence-corrected chi connectivity index (χ4v) is 2.96. The zero-order valence-electron chi connectivity index (χ0n) is 13.2. The summed E-state index contributed by atoms with van der Waals surface area (Å²) < 4.78 is 11.0. The Morgan fingerprint density at radius 3 is 2.43 bits per heavy atom. The number of hydrogen-bond acceptors (Lipinski definition) is 4. The summed E-state index contributed by atoms with van der Waals surface area (Å²) in [6.45, 7) is 3.01. The van der Waals surface area contributed by atoms with E-state index < -0.39 is 17.0 Å². The third-order valence-corrected chi connectivity index (χ3v) is 4.51. The van der Waals surface area contributed by atoms with Gasteiger partial charge in [-0.1, -0.05) is 18.2 Å². The summed E-state index contributed by atoms with van der Waals surface area (Å²) in [5.74, 6) is 0.294. The van der Waals surface area contributed by atoms with Crippen molar-refractivity contribution in [2.75, 3.05) is 7.11 Å². The van der Waals surface area contributed by atoms with E-state index in [0.717, 1.165) is 0 Å². The van der Waals surface area contributed by atoms with Gasteiger partial charge in [-0.05, 0) is 32.0 Å². The van der Waals surface area contributed by atoms with Crippen LogP contribution in [0.4, 0.5) is 0 Å². The van der Waals surface area contributed by atoms with Gasteiger partial charge in [0.2, 0.25) is 0 Å². The van der Waals surface area contributed by atoms with E-state index in [-0.39, 0.29) is 0 Å². The number of methoxy groups -OCH3 is 1. The van der Waals surface area contributed by atoms with Gasteiger partial charge in [0, 0.05) is 17.2 Å². The highest BCUT2D eigenvalue weighted by atomic mass is 16.5. The van der Waals surface area contributed by atoms with E-state index in [2.05, 4.69) is 0 Å². The summed E-state index contributed by atoms with van der Waals surface area (Å²) in [5, 5.41) is 21.2. The Morgan fingerprint density at radius 2 is 1.78 bits per heavy atom. The van der Waals surface area contributed by atoms with Crippen LogP contribution in [0.3, 0.4) is 0 Å². The van der Waals surface area contributed by atoms with E-state index in [9.17, 15) is 15.0 Å². The molecule has 0 spiro atoms. The SMILES string of the molecule is COc1ccc2c(c1)Oc1ccccc1C2(O)C(C)(C)C(=O)O. The fraction of sp³-hybridized carbons (Fsp3) is 0.278. The van der Waals surface area contributed by atoms with Crippen molar-refractivity contribution < 1.29 is 24.5 Å². The molecule has 1 heterocycles. The third-order valence-electron chi connectivity index (χ3n) is 4.51. The Hall–Kier alpha value is -2.53. The quantitative estimate of drug-likeness (QED) is 0.910. The molecule has 0 saturated heterocycles. The largest absolute Gasteiger partial charge is 0.497 e. The molecule has 0 aliphatic carbocycles. The molecule has 1 unspecified atom stereocenters. The van der Waals surface area contributed by atoms with E-state index in [1.54, 1.807) is 42.5 Å². The summed E-state index contributed by atoms with van der Waals surface area (Å²) in [7, 11) is 1.53. The summed E-state index contributed by atoms with van der Waals surface area (Å²) in [4.78, 5) is 11.8. The minimum atomic E-state index is -1.73. The Morgan fingerprint density at radius 1 is 1.13 bits per heavy atom. The van der Waals surface area contributed by atoms with Crippen LogP contribution in [0.1, 0.15) is 25.0 Å². The average Bonchev–Trinajstić information content (AvgIpc) is 2.54. The molecule has 1 atom stereocenters. The molecule has 1 aliphatic rings. The Labute approximate surface area is 134 Å². The van der Waals surface area contributed by atoms with Gasteiger partial charge in [0.05, 0.1) is 12.5 Å². The lowest BCUT2D eigenvalue weighted by molar-refractivity contribution is -0.161. The molecule has 23 heavy (non-hydrogen) atoms. The second kappa shape index (κ2) is 4.99. The lowest BCUT2D eigenvalue weighted by Gasteiger charge is -2.44. The van der Waals surface area contributed by atoms with Gasteiger partial charge in [-0.25, -0.2) is 0 Å². The molecular weight excluding hydrogens is 296 g/mol. The van der Waals surface area contributed by atoms with Crippen molar-refractivity contribution in [2.45, 2.75) is 19.4 Å². The summed E-state index contributed by atoms with van der Waals surface area (Å²) >= 11 is 0. The first kappa shape index (κ1) is 15.4. The number of carboxylic acids is 1. The highest BCUT2D eigenvalue weighted by molar-refractivity contribution is 5.78. The molecule has 0 fully saturated rings. The first-order chi connectivity index (χ1) is 10.8. The molecule has 2 aromatic carbocycles. The molecule has 0 amide bonds. The topological polar surface area (TPSA) is 76.0 Å². The average molecular weight is 314 g/mol. The van der Waals surface area contributed by atoms with E-state index in [0.29, 0.717) is 28.4 Å². The number of rotatable bonds is 3. The maximum atomic E-state index is 11.8. The number of hydrogen-bond donors (Lipinski definition) is 2. The Bertz CT molecular complexity index is 781. The molecule has 0 bridgehead atoms. The van der Waals surface area contributed by atoms with Crippen LogP contribution in [0.2, 0.25) is 0 Å². The predicted molar refractivity (Wildman–Crippen MR) is 83.9 cm³/mol. The van der Waals surface area contributed by atoms with Gasteiger partial charge in [-0.15, -0.1) is 0 Å². The second-order valence-corrected chi connectivity index (χ2v) is 6.10. The van der Waals surface area contributed by atoms with Gasteiger partial charge in [0.1, 0.15) is 22.8 Å². The number of ether oxygens (including phenoxy) is 2. The van der Waals surface area contributed by atoms with Crippen molar-refractivity contribution in [1.82, 2.24) is 0 Å². The number of aliphatic carboxylic acids is 1. The fourth-order valence-electron chi connectivity index (χ4n) is 2.96. The second-order valence-electron chi connectivity index (χ2n) is 6.10. The van der Waals surface area contributed by atoms with E-state index in [4.69, 9.17) is 9.47 Å². The molecule has 120 valence electrons. The Balaban J connectivity index is 2.33. The molecule has 0 saturated carbocycles. The van der Waals surface area contributed by atoms with Crippen LogP contribution in [-0.2, 0) is 10.4 Å². The van der Waals surface area contributed by atoms with Crippen molar-refractivity contribution in [3.63, 3.8) is 0 Å². The maximum Gasteiger partial charge on any atom is 0.312 e. The zero-order valence-corrected chi connectivity index (χ0v) is 13.2. The summed E-state index contributed by atoms with van der Waals surface area (Å²) in [6.07, 6.45) is 0. The number of aliphatic hydroxyl groups is 1. The van der Waals surface area contributed by atoms with E-state index in [1.807, 2.05) is 0 Å². The van der Waals surface area contributed by atoms with Gasteiger partial charge in [-0.3, -0.25) is 4.79 Å². The normalized spacial score (nSPS) is 19.3. The minimum absolute atomic E-state index is 0.389. The van der Waals surface area contributed by atoms with Gasteiger partial charge < -0.3 is 19.7 Å². The third kappa shape index (κ3) is 2.00. The lowest BCUT2D eigenvalue weighted by Crippen LogP contribution is -2.49. The first-order valence-electron chi connectivity index (χ1n) is 7.24. The monoisotopic (exact) mass is 314 g/mol. The number of para-hydroxylation sites is 1. The molecule has 2 N–H and O–H groups in total. The molecule has 0 aromatic heterocycles. The molecule has 0 radical (unpaired) electrons. The number of fused-ring (bicyclic) bond motifs is 2. The zero-order chi connectivity index (χ0) is 16.8. The van der Waals surface area contributed by atoms with Crippen LogP contribution >= 0.6 is 0 Å². The van der Waals surface area contributed by atoms with Gasteiger partial charge in [0.15, 0.2) is 0 Å². The molecule has 2 aromatic rings. The maximum absolute atomic E-state index is 11.8. The molecule has 1 aliphatic heterocycles. The van der Waals surface area contributed by atoms with Crippen molar-refractivity contribution in [2.24, 2.45) is 5.41 Å². The number of carbonyl (C=O) groups is 1.